The number of fused-ring (bicyclic) bond motifs is 3. The van der Waals surface area contributed by atoms with Crippen LogP contribution in [0, 0.1) is 22.7 Å². The van der Waals surface area contributed by atoms with Gasteiger partial charge in [0.1, 0.15) is 11.2 Å². The summed E-state index contributed by atoms with van der Waals surface area (Å²) in [5.74, 6) is 0. The third kappa shape index (κ3) is 5.89. The van der Waals surface area contributed by atoms with E-state index in [1.54, 1.807) is 0 Å². The number of para-hydroxylation sites is 2. The average molecular weight is 677 g/mol. The highest BCUT2D eigenvalue weighted by Gasteiger charge is 2.16. The van der Waals surface area contributed by atoms with Crippen molar-refractivity contribution >= 4 is 21.9 Å². The Labute approximate surface area is 306 Å². The van der Waals surface area contributed by atoms with Crippen LogP contribution in [0.2, 0.25) is 0 Å². The predicted molar refractivity (Wildman–Crippen MR) is 211 cm³/mol. The summed E-state index contributed by atoms with van der Waals surface area (Å²) in [6.07, 6.45) is 3.78. The molecule has 0 atom stereocenters. The van der Waals surface area contributed by atoms with E-state index in [4.69, 9.17) is 14.9 Å². The maximum Gasteiger partial charge on any atom is 0.143 e. The average Bonchev–Trinajstić information content (AvgIpc) is 3.63. The normalized spacial score (nSPS) is 11.0. The van der Waals surface area contributed by atoms with Crippen LogP contribution in [-0.4, -0.2) is 9.97 Å². The zero-order valence-corrected chi connectivity index (χ0v) is 28.4. The van der Waals surface area contributed by atoms with Crippen LogP contribution in [-0.2, 0) is 0 Å². The van der Waals surface area contributed by atoms with Crippen molar-refractivity contribution in [2.24, 2.45) is 0 Å². The Bertz CT molecular complexity index is 2640. The van der Waals surface area contributed by atoms with Crippen LogP contribution in [0.25, 0.3) is 89.0 Å². The van der Waals surface area contributed by atoms with E-state index in [2.05, 4.69) is 119 Å². The minimum atomic E-state index is 0.633. The second kappa shape index (κ2) is 13.3. The van der Waals surface area contributed by atoms with Crippen molar-refractivity contribution in [1.29, 1.82) is 10.5 Å². The predicted octanol–water partition coefficient (Wildman–Crippen LogP) is 12.1. The number of furan rings is 1. The Morgan fingerprint density at radius 1 is 0.358 bits per heavy atom. The van der Waals surface area contributed by atoms with Crippen molar-refractivity contribution in [3.8, 4) is 79.2 Å². The van der Waals surface area contributed by atoms with Crippen LogP contribution < -0.4 is 0 Å². The molecule has 0 saturated heterocycles. The first-order valence-corrected chi connectivity index (χ1v) is 17.2. The van der Waals surface area contributed by atoms with Crippen LogP contribution in [0.15, 0.2) is 175 Å². The van der Waals surface area contributed by atoms with Crippen LogP contribution in [0.4, 0.5) is 0 Å². The molecule has 53 heavy (non-hydrogen) atoms. The minimum Gasteiger partial charge on any atom is -0.455 e. The fourth-order valence-corrected chi connectivity index (χ4v) is 6.86. The lowest BCUT2D eigenvalue weighted by atomic mass is 9.97. The molecule has 246 valence electrons. The molecule has 6 aromatic carbocycles. The number of hydrogen-bond donors (Lipinski definition) is 0. The summed E-state index contributed by atoms with van der Waals surface area (Å²) in [5.41, 5.74) is 15.1. The van der Waals surface area contributed by atoms with Gasteiger partial charge in [-0.15, -0.1) is 0 Å². The van der Waals surface area contributed by atoms with Gasteiger partial charge in [0, 0.05) is 56.5 Å². The van der Waals surface area contributed by atoms with E-state index in [-0.39, 0.29) is 0 Å². The van der Waals surface area contributed by atoms with Crippen LogP contribution in [0.3, 0.4) is 0 Å². The minimum absolute atomic E-state index is 0.633. The molecule has 0 N–H and O–H groups in total. The molecule has 0 amide bonds. The van der Waals surface area contributed by atoms with Gasteiger partial charge in [-0.1, -0.05) is 121 Å². The monoisotopic (exact) mass is 676 g/mol. The van der Waals surface area contributed by atoms with Crippen molar-refractivity contribution < 1.29 is 4.42 Å². The first-order valence-electron chi connectivity index (χ1n) is 17.2. The van der Waals surface area contributed by atoms with E-state index in [9.17, 15) is 0 Å². The number of pyridine rings is 2. The fraction of sp³-hybridized carbons (Fsp3) is 0. The van der Waals surface area contributed by atoms with E-state index in [1.165, 1.54) is 0 Å². The van der Waals surface area contributed by atoms with E-state index in [0.717, 1.165) is 89.0 Å². The Hall–Kier alpha value is -7.60. The van der Waals surface area contributed by atoms with Gasteiger partial charge in [0.25, 0.3) is 0 Å². The van der Waals surface area contributed by atoms with Crippen LogP contribution in [0.5, 0.6) is 0 Å². The topological polar surface area (TPSA) is 86.5 Å². The zero-order valence-electron chi connectivity index (χ0n) is 28.4. The van der Waals surface area contributed by atoms with Gasteiger partial charge >= 0.3 is 0 Å². The summed E-state index contributed by atoms with van der Waals surface area (Å²) in [7, 11) is 0. The summed E-state index contributed by atoms with van der Waals surface area (Å²) in [4.78, 5) is 9.38. The van der Waals surface area contributed by atoms with Gasteiger partial charge in [-0.25, -0.2) is 0 Å². The van der Waals surface area contributed by atoms with Crippen LogP contribution >= 0.6 is 0 Å². The van der Waals surface area contributed by atoms with Gasteiger partial charge in [-0.2, -0.15) is 10.5 Å². The third-order valence-electron chi connectivity index (χ3n) is 9.73. The first-order chi connectivity index (χ1) is 26.1. The summed E-state index contributed by atoms with van der Waals surface area (Å²) in [6.45, 7) is 0. The SMILES string of the molecule is N#Cc1ccc(-c2ccc(-c3ccc(-c4cccc5c4oc4c(-c6ccc(-c7ccc(-c8ccc(C#N)cc8)nc7)cc6)cccc45)cc3)cn2)cc1. The molecule has 3 heterocycles. The highest BCUT2D eigenvalue weighted by molar-refractivity contribution is 6.13. The zero-order chi connectivity index (χ0) is 35.7. The molecular formula is C48H28N4O. The summed E-state index contributed by atoms with van der Waals surface area (Å²) in [6, 6.07) is 57.1. The smallest absolute Gasteiger partial charge is 0.143 e. The van der Waals surface area contributed by atoms with Gasteiger partial charge in [-0.05, 0) is 58.7 Å². The second-order valence-electron chi connectivity index (χ2n) is 12.9. The maximum atomic E-state index is 9.09. The molecule has 0 saturated carbocycles. The molecule has 9 aromatic rings. The lowest BCUT2D eigenvalue weighted by molar-refractivity contribution is 0.671. The molecule has 0 fully saturated rings. The summed E-state index contributed by atoms with van der Waals surface area (Å²) >= 11 is 0. The molecule has 5 heteroatoms. The molecule has 0 spiro atoms. The lowest BCUT2D eigenvalue weighted by Crippen LogP contribution is -1.86. The van der Waals surface area contributed by atoms with E-state index in [0.29, 0.717) is 11.1 Å². The first kappa shape index (κ1) is 31.4. The van der Waals surface area contributed by atoms with Gasteiger partial charge < -0.3 is 4.42 Å². The fourth-order valence-electron chi connectivity index (χ4n) is 6.86. The van der Waals surface area contributed by atoms with Crippen molar-refractivity contribution in [1.82, 2.24) is 9.97 Å². The molecule has 0 bridgehead atoms. The number of aromatic nitrogens is 2. The molecule has 9 rings (SSSR count). The van der Waals surface area contributed by atoms with Crippen molar-refractivity contribution in [2.75, 3.05) is 0 Å². The maximum absolute atomic E-state index is 9.09. The Morgan fingerprint density at radius 2 is 0.717 bits per heavy atom. The van der Waals surface area contributed by atoms with Crippen molar-refractivity contribution in [2.45, 2.75) is 0 Å². The van der Waals surface area contributed by atoms with Gasteiger partial charge in [0.15, 0.2) is 0 Å². The number of benzene rings is 6. The highest BCUT2D eigenvalue weighted by atomic mass is 16.3. The van der Waals surface area contributed by atoms with Gasteiger partial charge in [0.05, 0.1) is 34.7 Å². The van der Waals surface area contributed by atoms with Crippen molar-refractivity contribution in [3.63, 3.8) is 0 Å². The number of nitriles is 2. The quantitative estimate of drug-likeness (QED) is 0.175. The third-order valence-corrected chi connectivity index (χ3v) is 9.73. The van der Waals surface area contributed by atoms with Gasteiger partial charge in [0.2, 0.25) is 0 Å². The van der Waals surface area contributed by atoms with Crippen molar-refractivity contribution in [3.05, 3.63) is 181 Å². The molecule has 5 nitrogen and oxygen atoms in total. The van der Waals surface area contributed by atoms with E-state index >= 15 is 0 Å². The number of rotatable bonds is 6. The highest BCUT2D eigenvalue weighted by Crippen LogP contribution is 2.40. The lowest BCUT2D eigenvalue weighted by Gasteiger charge is -2.07. The largest absolute Gasteiger partial charge is 0.455 e. The standard InChI is InChI=1S/C48H28N4O/c49-27-31-7-11-37(12-8-31)45-25-23-39(29-51-45)33-15-19-35(20-16-33)41-3-1-5-43-44-6-2-4-42(48(44)53-47(41)43)36-21-17-34(18-22-36)40-24-26-46(52-30-40)38-13-9-32(28-50)10-14-38/h1-26,29-30H. The summed E-state index contributed by atoms with van der Waals surface area (Å²) < 4.78 is 6.74. The molecule has 0 aliphatic rings. The Kier molecular flexibility index (Phi) is 7.86. The molecule has 0 aliphatic heterocycles. The molecular weight excluding hydrogens is 649 g/mol. The molecule has 0 radical (unpaired) electrons. The Balaban J connectivity index is 0.982. The number of hydrogen-bond acceptors (Lipinski definition) is 5. The molecule has 0 aliphatic carbocycles. The van der Waals surface area contributed by atoms with Gasteiger partial charge in [-0.3, -0.25) is 9.97 Å². The van der Waals surface area contributed by atoms with Crippen LogP contribution in [0.1, 0.15) is 11.1 Å². The second-order valence-corrected chi connectivity index (χ2v) is 12.9. The summed E-state index contributed by atoms with van der Waals surface area (Å²) in [5, 5.41) is 20.3. The Morgan fingerprint density at radius 3 is 1.08 bits per heavy atom. The number of nitrogens with zero attached hydrogens (tertiary/aromatic N) is 4. The van der Waals surface area contributed by atoms with E-state index in [1.807, 2.05) is 73.1 Å². The van der Waals surface area contributed by atoms with E-state index < -0.39 is 0 Å². The molecule has 3 aromatic heterocycles. The molecule has 0 unspecified atom stereocenters.